The van der Waals surface area contributed by atoms with E-state index in [9.17, 15) is 0 Å². The molecule has 2 N–H and O–H groups in total. The minimum absolute atomic E-state index is 0.0760. The van der Waals surface area contributed by atoms with Gasteiger partial charge >= 0.3 is 0 Å². The molecular formula is C24H31N3. The zero-order valence-electron chi connectivity index (χ0n) is 16.8. The van der Waals surface area contributed by atoms with Crippen LogP contribution in [0.4, 0.5) is 0 Å². The maximum atomic E-state index is 3.77. The topological polar surface area (TPSA) is 31.1 Å². The molecule has 0 bridgehead atoms. The summed E-state index contributed by atoms with van der Waals surface area (Å²) < 4.78 is 0. The van der Waals surface area contributed by atoms with Crippen molar-refractivity contribution in [3.8, 4) is 0 Å². The van der Waals surface area contributed by atoms with E-state index in [2.05, 4.69) is 90.8 Å². The van der Waals surface area contributed by atoms with E-state index in [-0.39, 0.29) is 5.54 Å². The monoisotopic (exact) mass is 361 g/mol. The van der Waals surface area contributed by atoms with Gasteiger partial charge in [-0.3, -0.25) is 4.90 Å². The van der Waals surface area contributed by atoms with E-state index in [0.717, 1.165) is 32.2 Å². The highest BCUT2D eigenvalue weighted by molar-refractivity contribution is 5.85. The Hall–Kier alpha value is -2.10. The number of hydrogen-bond donors (Lipinski definition) is 2. The van der Waals surface area contributed by atoms with E-state index >= 15 is 0 Å². The average molecular weight is 362 g/mol. The molecule has 142 valence electrons. The average Bonchev–Trinajstić information content (AvgIpc) is 3.09. The second-order valence-corrected chi connectivity index (χ2v) is 8.00. The predicted molar refractivity (Wildman–Crippen MR) is 114 cm³/mol. The number of benzene rings is 2. The number of fused-ring (bicyclic) bond motifs is 3. The van der Waals surface area contributed by atoms with Crippen molar-refractivity contribution in [1.82, 2.24) is 15.2 Å². The summed E-state index contributed by atoms with van der Waals surface area (Å²) in [6.45, 7) is 3.38. The molecule has 0 radical (unpaired) electrons. The molecule has 2 aromatic carbocycles. The largest absolute Gasteiger partial charge is 0.357 e. The molecule has 2 atom stereocenters. The molecule has 0 spiro atoms. The van der Waals surface area contributed by atoms with Gasteiger partial charge in [0.05, 0.1) is 0 Å². The van der Waals surface area contributed by atoms with Crippen LogP contribution in [0.1, 0.15) is 49.0 Å². The maximum Gasteiger partial charge on any atom is 0.0476 e. The molecule has 27 heavy (non-hydrogen) atoms. The number of aromatic nitrogens is 1. The van der Waals surface area contributed by atoms with Gasteiger partial charge in [0.15, 0.2) is 0 Å². The van der Waals surface area contributed by atoms with Crippen molar-refractivity contribution in [1.29, 1.82) is 0 Å². The molecule has 0 amide bonds. The molecule has 0 aliphatic carbocycles. The zero-order chi connectivity index (χ0) is 18.9. The van der Waals surface area contributed by atoms with Crippen LogP contribution in [0.3, 0.4) is 0 Å². The molecule has 0 fully saturated rings. The van der Waals surface area contributed by atoms with Crippen LogP contribution in [0, 0.1) is 0 Å². The fourth-order valence-electron chi connectivity index (χ4n) is 4.96. The van der Waals surface area contributed by atoms with Gasteiger partial charge in [0.2, 0.25) is 0 Å². The molecule has 1 aromatic heterocycles. The van der Waals surface area contributed by atoms with Crippen LogP contribution in [-0.2, 0) is 12.0 Å². The second-order valence-electron chi connectivity index (χ2n) is 8.00. The third-order valence-electron chi connectivity index (χ3n) is 6.56. The minimum Gasteiger partial charge on any atom is -0.357 e. The lowest BCUT2D eigenvalue weighted by atomic mass is 9.80. The first-order valence-electron chi connectivity index (χ1n) is 10.2. The predicted octanol–water partition coefficient (Wildman–Crippen LogP) is 5.00. The molecule has 0 saturated heterocycles. The maximum absolute atomic E-state index is 3.77. The second kappa shape index (κ2) is 7.49. The van der Waals surface area contributed by atoms with Crippen LogP contribution in [0.25, 0.3) is 10.9 Å². The summed E-state index contributed by atoms with van der Waals surface area (Å²) in [6.07, 6.45) is 4.48. The van der Waals surface area contributed by atoms with E-state index in [1.54, 1.807) is 0 Å². The van der Waals surface area contributed by atoms with Crippen LogP contribution in [0.2, 0.25) is 0 Å². The highest BCUT2D eigenvalue weighted by atomic mass is 15.1. The van der Waals surface area contributed by atoms with Gasteiger partial charge < -0.3 is 10.3 Å². The summed E-state index contributed by atoms with van der Waals surface area (Å²) in [7, 11) is 4.44. The molecule has 1 aliphatic heterocycles. The third-order valence-corrected chi connectivity index (χ3v) is 6.56. The Labute approximate surface area is 162 Å². The molecule has 1 aliphatic rings. The van der Waals surface area contributed by atoms with Crippen molar-refractivity contribution >= 4 is 10.9 Å². The Balaban J connectivity index is 1.63. The highest BCUT2D eigenvalue weighted by Crippen LogP contribution is 2.39. The summed E-state index contributed by atoms with van der Waals surface area (Å²) in [4.78, 5) is 6.13. The normalized spacial score (nSPS) is 19.2. The van der Waals surface area contributed by atoms with Crippen LogP contribution < -0.4 is 5.32 Å². The van der Waals surface area contributed by atoms with E-state index in [1.807, 2.05) is 0 Å². The van der Waals surface area contributed by atoms with E-state index < -0.39 is 0 Å². The Kier molecular flexibility index (Phi) is 5.07. The van der Waals surface area contributed by atoms with Gasteiger partial charge in [-0.05, 0) is 63.5 Å². The van der Waals surface area contributed by atoms with E-state index in [0.29, 0.717) is 6.04 Å². The van der Waals surface area contributed by atoms with Crippen LogP contribution in [-0.4, -0.2) is 30.5 Å². The first kappa shape index (κ1) is 18.3. The van der Waals surface area contributed by atoms with Crippen molar-refractivity contribution in [3.05, 3.63) is 71.4 Å². The van der Waals surface area contributed by atoms with Gasteiger partial charge in [0.25, 0.3) is 0 Å². The third kappa shape index (κ3) is 3.19. The number of rotatable bonds is 6. The van der Waals surface area contributed by atoms with Gasteiger partial charge in [0, 0.05) is 28.2 Å². The summed E-state index contributed by atoms with van der Waals surface area (Å²) >= 11 is 0. The summed E-state index contributed by atoms with van der Waals surface area (Å²) in [6, 6.07) is 20.1. The summed E-state index contributed by atoms with van der Waals surface area (Å²) in [5.74, 6) is 0. The first-order chi connectivity index (χ1) is 13.2. The number of hydrogen-bond acceptors (Lipinski definition) is 2. The molecule has 3 aromatic rings. The number of nitrogens with zero attached hydrogens (tertiary/aromatic N) is 1. The van der Waals surface area contributed by atoms with E-state index in [4.69, 9.17) is 0 Å². The van der Waals surface area contributed by atoms with Gasteiger partial charge in [-0.1, -0.05) is 55.5 Å². The van der Waals surface area contributed by atoms with Gasteiger partial charge in [-0.15, -0.1) is 0 Å². The SMILES string of the molecule is CCC(CCC1NCCc2c1[nH]c1ccccc21)(c1ccccc1)N(C)C. The Bertz CT molecular complexity index is 896. The molecule has 4 rings (SSSR count). The lowest BCUT2D eigenvalue weighted by molar-refractivity contribution is 0.123. The van der Waals surface area contributed by atoms with E-state index in [1.165, 1.54) is 27.7 Å². The molecule has 2 heterocycles. The molecule has 0 saturated carbocycles. The van der Waals surface area contributed by atoms with Crippen molar-refractivity contribution in [2.24, 2.45) is 0 Å². The Morgan fingerprint density at radius 1 is 1.04 bits per heavy atom. The fourth-order valence-corrected chi connectivity index (χ4v) is 4.96. The lowest BCUT2D eigenvalue weighted by Gasteiger charge is -2.41. The molecule has 2 unspecified atom stereocenters. The first-order valence-corrected chi connectivity index (χ1v) is 10.2. The van der Waals surface area contributed by atoms with Crippen LogP contribution >= 0.6 is 0 Å². The number of aromatic amines is 1. The number of para-hydroxylation sites is 1. The Morgan fingerprint density at radius 2 is 1.78 bits per heavy atom. The van der Waals surface area contributed by atoms with Gasteiger partial charge in [-0.2, -0.15) is 0 Å². The van der Waals surface area contributed by atoms with Gasteiger partial charge in [0.1, 0.15) is 0 Å². The molecular weight excluding hydrogens is 330 g/mol. The number of nitrogens with one attached hydrogen (secondary N) is 2. The highest BCUT2D eigenvalue weighted by Gasteiger charge is 2.34. The zero-order valence-corrected chi connectivity index (χ0v) is 16.8. The smallest absolute Gasteiger partial charge is 0.0476 e. The van der Waals surface area contributed by atoms with Gasteiger partial charge in [-0.25, -0.2) is 0 Å². The number of H-pyrrole nitrogens is 1. The standard InChI is InChI=1S/C24H31N3/c1-4-24(27(2)3,18-10-6-5-7-11-18)16-14-22-23-20(15-17-25-22)19-12-8-9-13-21(19)26-23/h5-13,22,25-26H,4,14-17H2,1-3H3. The summed E-state index contributed by atoms with van der Waals surface area (Å²) in [5.41, 5.74) is 5.69. The van der Waals surface area contributed by atoms with Crippen molar-refractivity contribution in [3.63, 3.8) is 0 Å². The van der Waals surface area contributed by atoms with Crippen molar-refractivity contribution in [2.75, 3.05) is 20.6 Å². The minimum atomic E-state index is 0.0760. The van der Waals surface area contributed by atoms with Crippen molar-refractivity contribution in [2.45, 2.75) is 44.2 Å². The Morgan fingerprint density at radius 3 is 2.52 bits per heavy atom. The summed E-state index contributed by atoms with van der Waals surface area (Å²) in [5, 5.41) is 5.17. The quantitative estimate of drug-likeness (QED) is 0.647. The lowest BCUT2D eigenvalue weighted by Crippen LogP contribution is -2.42. The molecule has 3 nitrogen and oxygen atoms in total. The molecule has 3 heteroatoms. The van der Waals surface area contributed by atoms with Crippen molar-refractivity contribution < 1.29 is 0 Å². The van der Waals surface area contributed by atoms with Crippen LogP contribution in [0.5, 0.6) is 0 Å². The fraction of sp³-hybridized carbons (Fsp3) is 0.417. The van der Waals surface area contributed by atoms with Crippen LogP contribution in [0.15, 0.2) is 54.6 Å².